The first kappa shape index (κ1) is 15.3. The van der Waals surface area contributed by atoms with Crippen molar-refractivity contribution in [3.05, 3.63) is 34.9 Å². The van der Waals surface area contributed by atoms with Crippen LogP contribution in [0, 0.1) is 5.92 Å². The van der Waals surface area contributed by atoms with Crippen LogP contribution < -0.4 is 5.73 Å². The lowest BCUT2D eigenvalue weighted by Gasteiger charge is -2.32. The molecule has 0 saturated carbocycles. The van der Waals surface area contributed by atoms with Crippen molar-refractivity contribution < 1.29 is 19.5 Å². The molecule has 1 fully saturated rings. The van der Waals surface area contributed by atoms with Crippen LogP contribution in [0.4, 0.5) is 4.79 Å². The Bertz CT molecular complexity index is 665. The molecule has 0 radical (unpaired) electrons. The number of piperidine rings is 1. The van der Waals surface area contributed by atoms with Gasteiger partial charge in [-0.3, -0.25) is 9.59 Å². The van der Waals surface area contributed by atoms with Gasteiger partial charge in [0.2, 0.25) is 5.91 Å². The molecule has 0 unspecified atom stereocenters. The molecule has 0 atom stereocenters. The van der Waals surface area contributed by atoms with Crippen molar-refractivity contribution >= 4 is 17.9 Å². The zero-order valence-electron chi connectivity index (χ0n) is 12.7. The molecule has 3 N–H and O–H groups in total. The molecule has 1 saturated heterocycles. The summed E-state index contributed by atoms with van der Waals surface area (Å²) in [4.78, 5) is 38.1. The summed E-state index contributed by atoms with van der Waals surface area (Å²) < 4.78 is 0. The SMILES string of the molecule is NC(=O)c1cccc2c1C(=O)N(CC1CCN(C(=O)O)CC1)C2. The highest BCUT2D eigenvalue weighted by Gasteiger charge is 2.33. The molecule has 2 aliphatic rings. The first-order chi connectivity index (χ1) is 11.0. The van der Waals surface area contributed by atoms with Crippen LogP contribution in [0.2, 0.25) is 0 Å². The summed E-state index contributed by atoms with van der Waals surface area (Å²) >= 11 is 0. The largest absolute Gasteiger partial charge is 0.465 e. The summed E-state index contributed by atoms with van der Waals surface area (Å²) in [6.45, 7) is 2.07. The minimum atomic E-state index is -0.890. The van der Waals surface area contributed by atoms with Crippen molar-refractivity contribution in [3.63, 3.8) is 0 Å². The molecule has 7 heteroatoms. The van der Waals surface area contributed by atoms with Gasteiger partial charge >= 0.3 is 6.09 Å². The number of likely N-dealkylation sites (tertiary alicyclic amines) is 1. The van der Waals surface area contributed by atoms with E-state index in [1.165, 1.54) is 4.90 Å². The highest BCUT2D eigenvalue weighted by Crippen LogP contribution is 2.28. The molecular weight excluding hydrogens is 298 g/mol. The summed E-state index contributed by atoms with van der Waals surface area (Å²) in [6, 6.07) is 5.15. The van der Waals surface area contributed by atoms with Crippen LogP contribution in [-0.2, 0) is 6.54 Å². The number of fused-ring (bicyclic) bond motifs is 1. The maximum Gasteiger partial charge on any atom is 0.407 e. The summed E-state index contributed by atoms with van der Waals surface area (Å²) in [7, 11) is 0. The number of primary amides is 1. The van der Waals surface area contributed by atoms with Crippen LogP contribution in [0.1, 0.15) is 39.1 Å². The highest BCUT2D eigenvalue weighted by molar-refractivity contribution is 6.09. The quantitative estimate of drug-likeness (QED) is 0.872. The van der Waals surface area contributed by atoms with Gasteiger partial charge < -0.3 is 20.6 Å². The predicted molar refractivity (Wildman–Crippen MR) is 82.0 cm³/mol. The molecule has 3 rings (SSSR count). The third-order valence-electron chi connectivity index (χ3n) is 4.64. The van der Waals surface area contributed by atoms with Gasteiger partial charge in [0, 0.05) is 26.2 Å². The van der Waals surface area contributed by atoms with Gasteiger partial charge in [0.1, 0.15) is 0 Å². The summed E-state index contributed by atoms with van der Waals surface area (Å²) in [5, 5.41) is 8.97. The Morgan fingerprint density at radius 3 is 2.57 bits per heavy atom. The van der Waals surface area contributed by atoms with Gasteiger partial charge in [0.15, 0.2) is 0 Å². The molecule has 2 heterocycles. The number of amides is 3. The number of carbonyl (C=O) groups excluding carboxylic acids is 2. The Labute approximate surface area is 133 Å². The Kier molecular flexibility index (Phi) is 3.94. The molecule has 3 amide bonds. The molecule has 2 aliphatic heterocycles. The van der Waals surface area contributed by atoms with E-state index in [9.17, 15) is 14.4 Å². The van der Waals surface area contributed by atoms with Crippen LogP contribution in [0.5, 0.6) is 0 Å². The van der Waals surface area contributed by atoms with Gasteiger partial charge in [-0.1, -0.05) is 12.1 Å². The maximum atomic E-state index is 12.6. The van der Waals surface area contributed by atoms with Crippen molar-refractivity contribution in [2.24, 2.45) is 11.7 Å². The molecule has 23 heavy (non-hydrogen) atoms. The number of rotatable bonds is 3. The number of hydrogen-bond donors (Lipinski definition) is 2. The first-order valence-corrected chi connectivity index (χ1v) is 7.66. The molecule has 7 nitrogen and oxygen atoms in total. The van der Waals surface area contributed by atoms with E-state index in [4.69, 9.17) is 10.8 Å². The lowest BCUT2D eigenvalue weighted by Crippen LogP contribution is -2.41. The Hall–Kier alpha value is -2.57. The van der Waals surface area contributed by atoms with Gasteiger partial charge in [-0.05, 0) is 30.4 Å². The Morgan fingerprint density at radius 1 is 1.26 bits per heavy atom. The van der Waals surface area contributed by atoms with Crippen LogP contribution in [-0.4, -0.2) is 52.4 Å². The first-order valence-electron chi connectivity index (χ1n) is 7.66. The Balaban J connectivity index is 1.68. The summed E-state index contributed by atoms with van der Waals surface area (Å²) in [6.07, 6.45) is 0.601. The number of nitrogens with zero attached hydrogens (tertiary/aromatic N) is 2. The van der Waals surface area contributed by atoms with E-state index in [0.717, 1.165) is 18.4 Å². The van der Waals surface area contributed by atoms with E-state index in [-0.39, 0.29) is 17.4 Å². The van der Waals surface area contributed by atoms with E-state index < -0.39 is 12.0 Å². The van der Waals surface area contributed by atoms with Crippen LogP contribution in [0.25, 0.3) is 0 Å². The summed E-state index contributed by atoms with van der Waals surface area (Å²) in [5.41, 5.74) is 6.87. The van der Waals surface area contributed by atoms with Gasteiger partial charge in [-0.15, -0.1) is 0 Å². The number of nitrogens with two attached hydrogens (primary N) is 1. The third-order valence-corrected chi connectivity index (χ3v) is 4.64. The van der Waals surface area contributed by atoms with Crippen molar-refractivity contribution in [1.29, 1.82) is 0 Å². The van der Waals surface area contributed by atoms with Gasteiger partial charge in [0.25, 0.3) is 5.91 Å². The lowest BCUT2D eigenvalue weighted by atomic mass is 9.96. The Morgan fingerprint density at radius 2 is 1.96 bits per heavy atom. The standard InChI is InChI=1S/C16H19N3O4/c17-14(20)12-3-1-2-11-9-19(15(21)13(11)12)8-10-4-6-18(7-5-10)16(22)23/h1-3,10H,4-9H2,(H2,17,20)(H,22,23). The van der Waals surface area contributed by atoms with Crippen molar-refractivity contribution in [2.45, 2.75) is 19.4 Å². The molecule has 0 aliphatic carbocycles. The van der Waals surface area contributed by atoms with E-state index in [0.29, 0.717) is 31.7 Å². The van der Waals surface area contributed by atoms with Gasteiger partial charge in [0.05, 0.1) is 11.1 Å². The monoisotopic (exact) mass is 317 g/mol. The topological polar surface area (TPSA) is 104 Å². The lowest BCUT2D eigenvalue weighted by molar-refractivity contribution is 0.0704. The average Bonchev–Trinajstić information content (AvgIpc) is 2.84. The van der Waals surface area contributed by atoms with E-state index in [2.05, 4.69) is 0 Å². The fourth-order valence-electron chi connectivity index (χ4n) is 3.39. The second-order valence-corrected chi connectivity index (χ2v) is 6.10. The second kappa shape index (κ2) is 5.91. The maximum absolute atomic E-state index is 12.6. The normalized spacial score (nSPS) is 18.2. The highest BCUT2D eigenvalue weighted by atomic mass is 16.4. The fraction of sp³-hybridized carbons (Fsp3) is 0.438. The smallest absolute Gasteiger partial charge is 0.407 e. The molecule has 1 aromatic rings. The zero-order valence-corrected chi connectivity index (χ0v) is 12.7. The summed E-state index contributed by atoms with van der Waals surface area (Å²) in [5.74, 6) is -0.470. The van der Waals surface area contributed by atoms with Gasteiger partial charge in [-0.25, -0.2) is 4.79 Å². The average molecular weight is 317 g/mol. The van der Waals surface area contributed by atoms with E-state index in [1.54, 1.807) is 17.0 Å². The van der Waals surface area contributed by atoms with Crippen molar-refractivity contribution in [3.8, 4) is 0 Å². The van der Waals surface area contributed by atoms with Crippen LogP contribution >= 0.6 is 0 Å². The molecule has 122 valence electrons. The molecule has 0 spiro atoms. The molecular formula is C16H19N3O4. The van der Waals surface area contributed by atoms with E-state index in [1.807, 2.05) is 6.07 Å². The second-order valence-electron chi connectivity index (χ2n) is 6.10. The minimum absolute atomic E-state index is 0.157. The molecule has 1 aromatic carbocycles. The third kappa shape index (κ3) is 2.86. The number of carbonyl (C=O) groups is 3. The van der Waals surface area contributed by atoms with Gasteiger partial charge in [-0.2, -0.15) is 0 Å². The van der Waals surface area contributed by atoms with Crippen LogP contribution in [0.15, 0.2) is 18.2 Å². The number of carboxylic acid groups (broad SMARTS) is 1. The predicted octanol–water partition coefficient (Wildman–Crippen LogP) is 1.13. The van der Waals surface area contributed by atoms with Crippen molar-refractivity contribution in [1.82, 2.24) is 9.80 Å². The molecule has 0 aromatic heterocycles. The number of hydrogen-bond acceptors (Lipinski definition) is 3. The van der Waals surface area contributed by atoms with E-state index >= 15 is 0 Å². The van der Waals surface area contributed by atoms with Crippen molar-refractivity contribution in [2.75, 3.05) is 19.6 Å². The fourth-order valence-corrected chi connectivity index (χ4v) is 3.39. The number of benzene rings is 1. The van der Waals surface area contributed by atoms with Crippen LogP contribution in [0.3, 0.4) is 0 Å². The molecule has 0 bridgehead atoms. The minimum Gasteiger partial charge on any atom is -0.465 e. The zero-order chi connectivity index (χ0) is 16.6.